The van der Waals surface area contributed by atoms with E-state index < -0.39 is 10.1 Å². The van der Waals surface area contributed by atoms with E-state index in [-0.39, 0.29) is 6.04 Å². The van der Waals surface area contributed by atoms with E-state index in [0.29, 0.717) is 0 Å². The van der Waals surface area contributed by atoms with Crippen LogP contribution in [0.5, 0.6) is 0 Å². The molecule has 0 aromatic heterocycles. The second-order valence-corrected chi connectivity index (χ2v) is 5.00. The Labute approximate surface area is 79.1 Å². The molecule has 13 heavy (non-hydrogen) atoms. The quantitative estimate of drug-likeness (QED) is 0.551. The van der Waals surface area contributed by atoms with Gasteiger partial charge in [0.25, 0.3) is 10.1 Å². The molecular weight excluding hydrogens is 190 g/mol. The van der Waals surface area contributed by atoms with Gasteiger partial charge in [0, 0.05) is 6.04 Å². The molecule has 0 unspecified atom stereocenters. The van der Waals surface area contributed by atoms with Gasteiger partial charge in [0.1, 0.15) is 0 Å². The van der Waals surface area contributed by atoms with E-state index >= 15 is 0 Å². The van der Waals surface area contributed by atoms with Crippen LogP contribution in [0.4, 0.5) is 0 Å². The van der Waals surface area contributed by atoms with E-state index in [4.69, 9.17) is 0 Å². The van der Waals surface area contributed by atoms with Gasteiger partial charge in [-0.3, -0.25) is 0 Å². The maximum absolute atomic E-state index is 10.6. The number of rotatable bonds is 3. The summed E-state index contributed by atoms with van der Waals surface area (Å²) in [7, 11) is -3.37. The van der Waals surface area contributed by atoms with Crippen molar-refractivity contribution in [2.24, 2.45) is 0 Å². The lowest BCUT2D eigenvalue weighted by Gasteiger charge is -2.22. The summed E-state index contributed by atoms with van der Waals surface area (Å²) < 4.78 is 25.8. The molecule has 1 aliphatic rings. The third kappa shape index (κ3) is 4.40. The lowest BCUT2D eigenvalue weighted by molar-refractivity contribution is 0.149. The molecule has 1 aliphatic carbocycles. The third-order valence-electron chi connectivity index (χ3n) is 2.06. The topological polar surface area (TPSA) is 55.4 Å². The number of allylic oxidation sites excluding steroid dienone is 1. The first-order valence-corrected chi connectivity index (χ1v) is 6.09. The largest absolute Gasteiger partial charge is 0.280 e. The Hall–Kier alpha value is -0.390. The van der Waals surface area contributed by atoms with Gasteiger partial charge in [0.2, 0.25) is 0 Å². The third-order valence-corrected chi connectivity index (χ3v) is 2.46. The van der Waals surface area contributed by atoms with Crippen molar-refractivity contribution in [2.45, 2.75) is 31.7 Å². The smallest absolute Gasteiger partial charge is 0.198 e. The van der Waals surface area contributed by atoms with Crippen LogP contribution < -0.4 is 5.48 Å². The fraction of sp³-hybridized carbons (Fsp3) is 0.750. The van der Waals surface area contributed by atoms with Crippen molar-refractivity contribution in [1.29, 1.82) is 0 Å². The first kappa shape index (κ1) is 10.7. The van der Waals surface area contributed by atoms with Crippen LogP contribution >= 0.6 is 0 Å². The summed E-state index contributed by atoms with van der Waals surface area (Å²) in [6, 6.07) is 0.139. The van der Waals surface area contributed by atoms with Crippen molar-refractivity contribution in [3.05, 3.63) is 12.2 Å². The second-order valence-electron chi connectivity index (χ2n) is 3.43. The van der Waals surface area contributed by atoms with E-state index in [2.05, 4.69) is 16.3 Å². The van der Waals surface area contributed by atoms with Crippen LogP contribution in [0.3, 0.4) is 0 Å². The summed E-state index contributed by atoms with van der Waals surface area (Å²) in [5.41, 5.74) is 3.79. The summed E-state index contributed by atoms with van der Waals surface area (Å²) in [6.45, 7) is 3.87. The van der Waals surface area contributed by atoms with Crippen molar-refractivity contribution in [3.8, 4) is 0 Å². The fourth-order valence-corrected chi connectivity index (χ4v) is 1.61. The zero-order valence-corrected chi connectivity index (χ0v) is 8.56. The number of hydrogen-bond donors (Lipinski definition) is 1. The van der Waals surface area contributed by atoms with Gasteiger partial charge in [0.15, 0.2) is 0 Å². The zero-order chi connectivity index (χ0) is 9.90. The summed E-state index contributed by atoms with van der Waals surface area (Å²) in [5, 5.41) is 0. The van der Waals surface area contributed by atoms with Gasteiger partial charge in [-0.25, -0.2) is 0 Å². The molecule has 1 rings (SSSR count). The normalized spacial score (nSPS) is 20.5. The zero-order valence-electron chi connectivity index (χ0n) is 7.75. The Bertz CT molecular complexity index is 274. The Kier molecular flexibility index (Phi) is 3.47. The number of nitrogens with one attached hydrogen (secondary N) is 1. The molecule has 0 saturated heterocycles. The SMILES string of the molecule is C=C1CCC(NOS(C)(=O)=O)CC1. The minimum atomic E-state index is -3.37. The van der Waals surface area contributed by atoms with Crippen molar-refractivity contribution in [1.82, 2.24) is 5.48 Å². The fourth-order valence-electron chi connectivity index (χ4n) is 1.30. The first-order valence-electron chi connectivity index (χ1n) is 4.28. The summed E-state index contributed by atoms with van der Waals surface area (Å²) in [4.78, 5) is 0. The van der Waals surface area contributed by atoms with Crippen molar-refractivity contribution in [3.63, 3.8) is 0 Å². The summed E-state index contributed by atoms with van der Waals surface area (Å²) in [5.74, 6) is 0. The van der Waals surface area contributed by atoms with Crippen LogP contribution in [-0.2, 0) is 14.4 Å². The van der Waals surface area contributed by atoms with Gasteiger partial charge in [-0.15, -0.1) is 0 Å². The average molecular weight is 205 g/mol. The van der Waals surface area contributed by atoms with Gasteiger partial charge in [0.05, 0.1) is 6.26 Å². The molecule has 0 spiro atoms. The van der Waals surface area contributed by atoms with Crippen molar-refractivity contribution in [2.75, 3.05) is 6.26 Å². The van der Waals surface area contributed by atoms with Gasteiger partial charge in [-0.05, 0) is 25.7 Å². The van der Waals surface area contributed by atoms with Gasteiger partial charge in [-0.2, -0.15) is 18.2 Å². The molecule has 5 heteroatoms. The Balaban J connectivity index is 2.27. The molecule has 0 aromatic carbocycles. The Morgan fingerprint density at radius 2 is 2.00 bits per heavy atom. The Morgan fingerprint density at radius 1 is 1.46 bits per heavy atom. The monoisotopic (exact) mass is 205 g/mol. The minimum Gasteiger partial charge on any atom is -0.198 e. The minimum absolute atomic E-state index is 0.139. The van der Waals surface area contributed by atoms with Crippen LogP contribution in [0.15, 0.2) is 12.2 Å². The number of hydrogen-bond acceptors (Lipinski definition) is 4. The Morgan fingerprint density at radius 3 is 2.46 bits per heavy atom. The highest BCUT2D eigenvalue weighted by Crippen LogP contribution is 2.21. The maximum atomic E-state index is 10.6. The van der Waals surface area contributed by atoms with Crippen LogP contribution in [0.2, 0.25) is 0 Å². The van der Waals surface area contributed by atoms with Crippen molar-refractivity contribution >= 4 is 10.1 Å². The van der Waals surface area contributed by atoms with Crippen LogP contribution in [0.25, 0.3) is 0 Å². The predicted octanol–water partition coefficient (Wildman–Crippen LogP) is 0.966. The highest BCUT2D eigenvalue weighted by molar-refractivity contribution is 7.85. The predicted molar refractivity (Wildman–Crippen MR) is 50.5 cm³/mol. The van der Waals surface area contributed by atoms with Crippen molar-refractivity contribution < 1.29 is 12.7 Å². The van der Waals surface area contributed by atoms with E-state index in [1.165, 1.54) is 5.57 Å². The van der Waals surface area contributed by atoms with E-state index in [0.717, 1.165) is 31.9 Å². The molecule has 1 N–H and O–H groups in total. The van der Waals surface area contributed by atoms with Gasteiger partial charge < -0.3 is 0 Å². The molecule has 0 atom stereocenters. The molecule has 4 nitrogen and oxygen atoms in total. The molecule has 1 fully saturated rings. The first-order chi connectivity index (χ1) is 5.97. The van der Waals surface area contributed by atoms with Crippen LogP contribution in [-0.4, -0.2) is 20.7 Å². The maximum Gasteiger partial charge on any atom is 0.280 e. The van der Waals surface area contributed by atoms with Crippen LogP contribution in [0, 0.1) is 0 Å². The average Bonchev–Trinajstić information content (AvgIpc) is 2.02. The second kappa shape index (κ2) is 4.21. The molecule has 0 amide bonds. The highest BCUT2D eigenvalue weighted by Gasteiger charge is 2.16. The lowest BCUT2D eigenvalue weighted by Crippen LogP contribution is -2.33. The molecule has 0 aliphatic heterocycles. The summed E-state index contributed by atoms with van der Waals surface area (Å²) >= 11 is 0. The molecule has 0 bridgehead atoms. The molecule has 1 saturated carbocycles. The van der Waals surface area contributed by atoms with E-state index in [1.54, 1.807) is 0 Å². The summed E-state index contributed by atoms with van der Waals surface area (Å²) in [6.07, 6.45) is 4.72. The standard InChI is InChI=1S/C8H15NO3S/c1-7-3-5-8(6-4-7)9-12-13(2,10)11/h8-9H,1,3-6H2,2H3. The molecule has 0 radical (unpaired) electrons. The number of hydroxylamine groups is 1. The van der Waals surface area contributed by atoms with E-state index in [1.807, 2.05) is 0 Å². The van der Waals surface area contributed by atoms with Gasteiger partial charge in [-0.1, -0.05) is 12.2 Å². The molecule has 76 valence electrons. The van der Waals surface area contributed by atoms with E-state index in [9.17, 15) is 8.42 Å². The highest BCUT2D eigenvalue weighted by atomic mass is 32.2. The lowest BCUT2D eigenvalue weighted by atomic mass is 9.93. The van der Waals surface area contributed by atoms with Gasteiger partial charge >= 0.3 is 0 Å². The molecular formula is C8H15NO3S. The molecule has 0 heterocycles. The molecule has 0 aromatic rings. The van der Waals surface area contributed by atoms with Crippen LogP contribution in [0.1, 0.15) is 25.7 Å².